The molecule has 0 heterocycles. The van der Waals surface area contributed by atoms with E-state index >= 15 is 0 Å². The van der Waals surface area contributed by atoms with Crippen LogP contribution in [0.3, 0.4) is 0 Å². The molecule has 0 bridgehead atoms. The monoisotopic (exact) mass is 220 g/mol. The van der Waals surface area contributed by atoms with E-state index in [-0.39, 0.29) is 0 Å². The summed E-state index contributed by atoms with van der Waals surface area (Å²) in [6, 6.07) is 10.8. The second kappa shape index (κ2) is 9.45. The summed E-state index contributed by atoms with van der Waals surface area (Å²) in [4.78, 5) is 0. The van der Waals surface area contributed by atoms with Crippen LogP contribution in [0.2, 0.25) is 0 Å². The molecule has 1 rings (SSSR count). The Kier molecular flexibility index (Phi) is 8.99. The van der Waals surface area contributed by atoms with Crippen molar-refractivity contribution in [3.05, 3.63) is 35.9 Å². The SMILES string of the molecule is CC.CC(C)CCCC(C)c1ccccc1. The molecule has 0 aliphatic heterocycles. The van der Waals surface area contributed by atoms with E-state index in [9.17, 15) is 0 Å². The molecule has 0 aromatic heterocycles. The normalized spacial score (nSPS) is 11.9. The van der Waals surface area contributed by atoms with Crippen LogP contribution in [0, 0.1) is 5.92 Å². The van der Waals surface area contributed by atoms with Gasteiger partial charge in [0.2, 0.25) is 0 Å². The summed E-state index contributed by atoms with van der Waals surface area (Å²) in [6.07, 6.45) is 4.03. The number of hydrogen-bond acceptors (Lipinski definition) is 0. The van der Waals surface area contributed by atoms with Crippen molar-refractivity contribution in [1.29, 1.82) is 0 Å². The highest BCUT2D eigenvalue weighted by Crippen LogP contribution is 2.21. The van der Waals surface area contributed by atoms with Crippen molar-refractivity contribution in [2.24, 2.45) is 5.92 Å². The van der Waals surface area contributed by atoms with Crippen molar-refractivity contribution in [2.75, 3.05) is 0 Å². The van der Waals surface area contributed by atoms with Crippen molar-refractivity contribution in [3.63, 3.8) is 0 Å². The first-order valence-electron chi connectivity index (χ1n) is 6.75. The zero-order chi connectivity index (χ0) is 12.4. The fourth-order valence-corrected chi connectivity index (χ4v) is 1.78. The predicted molar refractivity (Wildman–Crippen MR) is 74.9 cm³/mol. The van der Waals surface area contributed by atoms with E-state index in [0.29, 0.717) is 0 Å². The van der Waals surface area contributed by atoms with Gasteiger partial charge in [0.25, 0.3) is 0 Å². The first-order valence-corrected chi connectivity index (χ1v) is 6.75. The minimum Gasteiger partial charge on any atom is -0.0683 e. The predicted octanol–water partition coefficient (Wildman–Crippen LogP) is 5.64. The second-order valence-corrected chi connectivity index (χ2v) is 4.64. The lowest BCUT2D eigenvalue weighted by Gasteiger charge is -2.12. The Morgan fingerprint density at radius 2 is 1.44 bits per heavy atom. The van der Waals surface area contributed by atoms with Gasteiger partial charge < -0.3 is 0 Å². The van der Waals surface area contributed by atoms with Gasteiger partial charge in [0, 0.05) is 0 Å². The van der Waals surface area contributed by atoms with Crippen molar-refractivity contribution in [3.8, 4) is 0 Å². The minimum absolute atomic E-state index is 0.718. The molecule has 16 heavy (non-hydrogen) atoms. The standard InChI is InChI=1S/C14H22.C2H6/c1-12(2)8-7-9-13(3)14-10-5-4-6-11-14;1-2/h4-6,10-13H,7-9H2,1-3H3;1-2H3. The summed E-state index contributed by atoms with van der Waals surface area (Å²) in [5.74, 6) is 1.56. The highest BCUT2D eigenvalue weighted by molar-refractivity contribution is 5.18. The molecule has 0 saturated carbocycles. The Morgan fingerprint density at radius 1 is 0.875 bits per heavy atom. The molecule has 0 spiro atoms. The quantitative estimate of drug-likeness (QED) is 0.602. The Balaban J connectivity index is 0.00000106. The summed E-state index contributed by atoms with van der Waals surface area (Å²) in [5, 5.41) is 0. The van der Waals surface area contributed by atoms with Gasteiger partial charge in [-0.15, -0.1) is 0 Å². The Morgan fingerprint density at radius 3 is 1.94 bits per heavy atom. The summed E-state index contributed by atoms with van der Waals surface area (Å²) >= 11 is 0. The molecule has 1 unspecified atom stereocenters. The van der Waals surface area contributed by atoms with Crippen molar-refractivity contribution >= 4 is 0 Å². The fourth-order valence-electron chi connectivity index (χ4n) is 1.78. The molecule has 0 saturated heterocycles. The van der Waals surface area contributed by atoms with Gasteiger partial charge in [-0.3, -0.25) is 0 Å². The molecule has 1 atom stereocenters. The number of rotatable bonds is 5. The van der Waals surface area contributed by atoms with Gasteiger partial charge in [0.1, 0.15) is 0 Å². The zero-order valence-corrected chi connectivity index (χ0v) is 11.7. The highest BCUT2D eigenvalue weighted by atomic mass is 14.1. The topological polar surface area (TPSA) is 0 Å². The van der Waals surface area contributed by atoms with E-state index in [2.05, 4.69) is 51.1 Å². The maximum absolute atomic E-state index is 2.33. The molecule has 0 heteroatoms. The Labute approximate surface area is 102 Å². The molecule has 1 aromatic carbocycles. The summed E-state index contributed by atoms with van der Waals surface area (Å²) in [5.41, 5.74) is 1.48. The molecule has 0 amide bonds. The molecule has 0 nitrogen and oxygen atoms in total. The van der Waals surface area contributed by atoms with Gasteiger partial charge in [-0.25, -0.2) is 0 Å². The fraction of sp³-hybridized carbons (Fsp3) is 0.625. The molecular formula is C16H28. The van der Waals surface area contributed by atoms with Crippen LogP contribution in [0.25, 0.3) is 0 Å². The van der Waals surface area contributed by atoms with Crippen molar-refractivity contribution in [1.82, 2.24) is 0 Å². The average molecular weight is 220 g/mol. The summed E-state index contributed by atoms with van der Waals surface area (Å²) in [7, 11) is 0. The minimum atomic E-state index is 0.718. The molecule has 92 valence electrons. The number of hydrogen-bond donors (Lipinski definition) is 0. The van der Waals surface area contributed by atoms with E-state index < -0.39 is 0 Å². The average Bonchev–Trinajstić information content (AvgIpc) is 2.32. The smallest absolute Gasteiger partial charge is 0.0190 e. The molecule has 0 N–H and O–H groups in total. The molecular weight excluding hydrogens is 192 g/mol. The lowest BCUT2D eigenvalue weighted by molar-refractivity contribution is 0.512. The van der Waals surface area contributed by atoms with Gasteiger partial charge in [-0.1, -0.05) is 77.8 Å². The van der Waals surface area contributed by atoms with Crippen molar-refractivity contribution in [2.45, 2.75) is 59.8 Å². The molecule has 0 fully saturated rings. The largest absolute Gasteiger partial charge is 0.0683 e. The van der Waals surface area contributed by atoms with Gasteiger partial charge in [-0.05, 0) is 23.8 Å². The highest BCUT2D eigenvalue weighted by Gasteiger charge is 2.04. The van der Waals surface area contributed by atoms with Crippen LogP contribution < -0.4 is 0 Å². The Hall–Kier alpha value is -0.780. The van der Waals surface area contributed by atoms with Crippen LogP contribution in [-0.2, 0) is 0 Å². The van der Waals surface area contributed by atoms with E-state index in [4.69, 9.17) is 0 Å². The third-order valence-electron chi connectivity index (χ3n) is 2.79. The summed E-state index contributed by atoms with van der Waals surface area (Å²) < 4.78 is 0. The first kappa shape index (κ1) is 15.2. The van der Waals surface area contributed by atoms with Gasteiger partial charge in [-0.2, -0.15) is 0 Å². The van der Waals surface area contributed by atoms with Crippen LogP contribution in [0.5, 0.6) is 0 Å². The van der Waals surface area contributed by atoms with Gasteiger partial charge in [0.15, 0.2) is 0 Å². The van der Waals surface area contributed by atoms with Crippen LogP contribution in [0.15, 0.2) is 30.3 Å². The zero-order valence-electron chi connectivity index (χ0n) is 11.7. The Bertz CT molecular complexity index is 235. The molecule has 0 radical (unpaired) electrons. The lowest BCUT2D eigenvalue weighted by Crippen LogP contribution is -1.95. The maximum Gasteiger partial charge on any atom is -0.0190 e. The van der Waals surface area contributed by atoms with E-state index in [1.165, 1.54) is 24.8 Å². The van der Waals surface area contributed by atoms with E-state index in [1.54, 1.807) is 0 Å². The van der Waals surface area contributed by atoms with Gasteiger partial charge >= 0.3 is 0 Å². The third-order valence-corrected chi connectivity index (χ3v) is 2.79. The summed E-state index contributed by atoms with van der Waals surface area (Å²) in [6.45, 7) is 10.9. The van der Waals surface area contributed by atoms with Crippen LogP contribution in [-0.4, -0.2) is 0 Å². The second-order valence-electron chi connectivity index (χ2n) is 4.64. The molecule has 0 aliphatic carbocycles. The molecule has 0 aliphatic rings. The van der Waals surface area contributed by atoms with E-state index in [0.717, 1.165) is 11.8 Å². The number of benzene rings is 1. The van der Waals surface area contributed by atoms with E-state index in [1.807, 2.05) is 13.8 Å². The van der Waals surface area contributed by atoms with Gasteiger partial charge in [0.05, 0.1) is 0 Å². The van der Waals surface area contributed by atoms with Crippen LogP contribution >= 0.6 is 0 Å². The maximum atomic E-state index is 2.33. The first-order chi connectivity index (χ1) is 7.70. The van der Waals surface area contributed by atoms with Crippen LogP contribution in [0.4, 0.5) is 0 Å². The molecule has 1 aromatic rings. The van der Waals surface area contributed by atoms with Crippen molar-refractivity contribution < 1.29 is 0 Å². The third kappa shape index (κ3) is 6.66. The lowest BCUT2D eigenvalue weighted by atomic mass is 9.94. The van der Waals surface area contributed by atoms with Crippen LogP contribution in [0.1, 0.15) is 65.4 Å².